The van der Waals surface area contributed by atoms with Gasteiger partial charge in [-0.25, -0.2) is 9.59 Å². The maximum Gasteiger partial charge on any atom is 0.412 e. The summed E-state index contributed by atoms with van der Waals surface area (Å²) >= 11 is 3.51. The number of ketones is 1. The van der Waals surface area contributed by atoms with Gasteiger partial charge in [0.15, 0.2) is 5.78 Å². The van der Waals surface area contributed by atoms with Crippen molar-refractivity contribution in [2.45, 2.75) is 58.3 Å². The van der Waals surface area contributed by atoms with Crippen LogP contribution in [0, 0.1) is 0 Å². The second kappa shape index (κ2) is 10.2. The first-order chi connectivity index (χ1) is 15.1. The lowest BCUT2D eigenvalue weighted by molar-refractivity contribution is -0.120. The Hall–Kier alpha value is -2.87. The Kier molecular flexibility index (Phi) is 7.56. The van der Waals surface area contributed by atoms with Crippen LogP contribution >= 0.6 is 15.9 Å². The summed E-state index contributed by atoms with van der Waals surface area (Å²) < 4.78 is 11.4. The first-order valence-corrected chi connectivity index (χ1v) is 11.2. The van der Waals surface area contributed by atoms with Crippen LogP contribution in [-0.2, 0) is 33.7 Å². The van der Waals surface area contributed by atoms with Gasteiger partial charge in [0.1, 0.15) is 12.2 Å². The van der Waals surface area contributed by atoms with Crippen LogP contribution in [0.1, 0.15) is 43.9 Å². The quantitative estimate of drug-likeness (QED) is 0.563. The summed E-state index contributed by atoms with van der Waals surface area (Å²) in [4.78, 5) is 37.4. The van der Waals surface area contributed by atoms with Crippen LogP contribution in [0.3, 0.4) is 0 Å². The molecule has 1 unspecified atom stereocenters. The van der Waals surface area contributed by atoms with Crippen LogP contribution in [0.5, 0.6) is 0 Å². The van der Waals surface area contributed by atoms with Gasteiger partial charge in [0.2, 0.25) is 0 Å². The molecule has 0 heterocycles. The number of amides is 2. The predicted molar refractivity (Wildman–Crippen MR) is 125 cm³/mol. The molecule has 0 aliphatic heterocycles. The molecule has 2 aromatic rings. The van der Waals surface area contributed by atoms with Gasteiger partial charge in [-0.05, 0) is 62.4 Å². The number of rotatable bonds is 4. The average Bonchev–Trinajstić information content (AvgIpc) is 2.88. The fraction of sp³-hybridized carbons (Fsp3) is 0.375. The SMILES string of the molecule is CC(C)(C)OC(=O)Nc1ccc(Br)c2c1CCC(NC(=O)OCc1ccccc1)C(=O)C2. The summed E-state index contributed by atoms with van der Waals surface area (Å²) in [6.07, 6.45) is -0.175. The molecule has 2 aromatic carbocycles. The highest BCUT2D eigenvalue weighted by Crippen LogP contribution is 2.32. The summed E-state index contributed by atoms with van der Waals surface area (Å²) in [5.41, 5.74) is 2.48. The summed E-state index contributed by atoms with van der Waals surface area (Å²) in [5.74, 6) is -0.115. The van der Waals surface area contributed by atoms with E-state index in [1.807, 2.05) is 30.3 Å². The van der Waals surface area contributed by atoms with Gasteiger partial charge >= 0.3 is 12.2 Å². The van der Waals surface area contributed by atoms with E-state index in [1.54, 1.807) is 32.9 Å². The lowest BCUT2D eigenvalue weighted by Crippen LogP contribution is -2.41. The lowest BCUT2D eigenvalue weighted by atomic mass is 10.0. The van der Waals surface area contributed by atoms with Crippen molar-refractivity contribution in [3.05, 3.63) is 63.6 Å². The number of hydrogen-bond acceptors (Lipinski definition) is 5. The second-order valence-corrected chi connectivity index (χ2v) is 9.47. The van der Waals surface area contributed by atoms with Crippen molar-refractivity contribution in [1.29, 1.82) is 0 Å². The Bertz CT molecular complexity index is 1000. The van der Waals surface area contributed by atoms with Gasteiger partial charge in [0.25, 0.3) is 0 Å². The number of carbonyl (C=O) groups is 3. The van der Waals surface area contributed by atoms with E-state index in [0.29, 0.717) is 18.5 Å². The number of alkyl carbamates (subject to hydrolysis) is 1. The Morgan fingerprint density at radius 1 is 1.06 bits per heavy atom. The number of Topliss-reactive ketones (excluding diaryl/α,β-unsaturated/α-hetero) is 1. The number of ether oxygens (including phenoxy) is 2. The van der Waals surface area contributed by atoms with E-state index in [-0.39, 0.29) is 18.8 Å². The Morgan fingerprint density at radius 2 is 1.78 bits per heavy atom. The molecule has 0 bridgehead atoms. The minimum atomic E-state index is -0.674. The maximum atomic E-state index is 12.9. The molecular formula is C24H27BrN2O5. The zero-order valence-corrected chi connectivity index (χ0v) is 20.0. The molecule has 0 saturated carbocycles. The molecule has 170 valence electrons. The van der Waals surface area contributed by atoms with Gasteiger partial charge in [-0.15, -0.1) is 0 Å². The number of nitrogens with one attached hydrogen (secondary N) is 2. The molecule has 2 N–H and O–H groups in total. The van der Waals surface area contributed by atoms with Gasteiger partial charge in [-0.2, -0.15) is 0 Å². The van der Waals surface area contributed by atoms with E-state index in [4.69, 9.17) is 9.47 Å². The van der Waals surface area contributed by atoms with Crippen molar-refractivity contribution in [3.63, 3.8) is 0 Å². The summed E-state index contributed by atoms with van der Waals surface area (Å²) in [6.45, 7) is 5.50. The monoisotopic (exact) mass is 502 g/mol. The van der Waals surface area contributed by atoms with E-state index in [9.17, 15) is 14.4 Å². The molecule has 1 atom stereocenters. The van der Waals surface area contributed by atoms with Crippen molar-refractivity contribution in [3.8, 4) is 0 Å². The first kappa shape index (κ1) is 23.8. The highest BCUT2D eigenvalue weighted by Gasteiger charge is 2.29. The summed E-state index contributed by atoms with van der Waals surface area (Å²) in [6, 6.07) is 12.2. The molecule has 1 aliphatic carbocycles. The molecule has 0 fully saturated rings. The lowest BCUT2D eigenvalue weighted by Gasteiger charge is -2.21. The highest BCUT2D eigenvalue weighted by atomic mass is 79.9. The van der Waals surface area contributed by atoms with Gasteiger partial charge in [0, 0.05) is 16.6 Å². The van der Waals surface area contributed by atoms with E-state index < -0.39 is 23.8 Å². The number of hydrogen-bond donors (Lipinski definition) is 2. The van der Waals surface area contributed by atoms with Crippen LogP contribution < -0.4 is 10.6 Å². The van der Waals surface area contributed by atoms with Crippen LogP contribution in [0.15, 0.2) is 46.9 Å². The minimum absolute atomic E-state index is 0.115. The molecule has 3 rings (SSSR count). The van der Waals surface area contributed by atoms with Crippen molar-refractivity contribution in [2.75, 3.05) is 5.32 Å². The minimum Gasteiger partial charge on any atom is -0.445 e. The highest BCUT2D eigenvalue weighted by molar-refractivity contribution is 9.10. The Morgan fingerprint density at radius 3 is 2.47 bits per heavy atom. The topological polar surface area (TPSA) is 93.7 Å². The van der Waals surface area contributed by atoms with Gasteiger partial charge in [-0.3, -0.25) is 10.1 Å². The van der Waals surface area contributed by atoms with Crippen LogP contribution in [0.4, 0.5) is 15.3 Å². The molecule has 7 nitrogen and oxygen atoms in total. The van der Waals surface area contributed by atoms with E-state index in [1.165, 1.54) is 0 Å². The second-order valence-electron chi connectivity index (χ2n) is 8.62. The summed E-state index contributed by atoms with van der Waals surface area (Å²) in [5, 5.41) is 5.47. The fourth-order valence-corrected chi connectivity index (χ4v) is 3.99. The standard InChI is InChI=1S/C24H27BrN2O5/c1-24(2,3)32-23(30)26-19-12-10-18(25)17-13-21(28)20(11-9-16(17)19)27-22(29)31-14-15-7-5-4-6-8-15/h4-8,10,12,20H,9,11,13-14H2,1-3H3,(H,26,30)(H,27,29). The molecule has 0 aromatic heterocycles. The third kappa shape index (κ3) is 6.56. The third-order valence-electron chi connectivity index (χ3n) is 4.94. The maximum absolute atomic E-state index is 12.9. The Balaban J connectivity index is 1.67. The zero-order valence-electron chi connectivity index (χ0n) is 18.4. The largest absolute Gasteiger partial charge is 0.445 e. The fourth-order valence-electron chi connectivity index (χ4n) is 3.48. The average molecular weight is 503 g/mol. The molecule has 0 radical (unpaired) electrons. The predicted octanol–water partition coefficient (Wildman–Crippen LogP) is 5.15. The van der Waals surface area contributed by atoms with Gasteiger partial charge in [-0.1, -0.05) is 46.3 Å². The number of anilines is 1. The van der Waals surface area contributed by atoms with Crippen molar-refractivity contribution in [1.82, 2.24) is 5.32 Å². The number of carbonyl (C=O) groups excluding carboxylic acids is 3. The zero-order chi connectivity index (χ0) is 23.3. The smallest absolute Gasteiger partial charge is 0.412 e. The van der Waals surface area contributed by atoms with Gasteiger partial charge < -0.3 is 14.8 Å². The molecule has 0 spiro atoms. The molecule has 8 heteroatoms. The van der Waals surface area contributed by atoms with E-state index in [0.717, 1.165) is 21.2 Å². The number of fused-ring (bicyclic) bond motifs is 1. The molecule has 32 heavy (non-hydrogen) atoms. The van der Waals surface area contributed by atoms with Crippen LogP contribution in [0.25, 0.3) is 0 Å². The van der Waals surface area contributed by atoms with E-state index in [2.05, 4.69) is 26.6 Å². The summed E-state index contributed by atoms with van der Waals surface area (Å²) in [7, 11) is 0. The van der Waals surface area contributed by atoms with E-state index >= 15 is 0 Å². The molecule has 1 aliphatic rings. The first-order valence-electron chi connectivity index (χ1n) is 10.4. The molecule has 0 saturated heterocycles. The van der Waals surface area contributed by atoms with Gasteiger partial charge in [0.05, 0.1) is 6.04 Å². The van der Waals surface area contributed by atoms with Crippen molar-refractivity contribution >= 4 is 39.6 Å². The third-order valence-corrected chi connectivity index (χ3v) is 5.68. The van der Waals surface area contributed by atoms with Crippen molar-refractivity contribution < 1.29 is 23.9 Å². The normalized spacial score (nSPS) is 15.9. The molecular weight excluding hydrogens is 476 g/mol. The van der Waals surface area contributed by atoms with Crippen LogP contribution in [0.2, 0.25) is 0 Å². The number of benzene rings is 2. The van der Waals surface area contributed by atoms with Crippen molar-refractivity contribution in [2.24, 2.45) is 0 Å². The Labute approximate surface area is 196 Å². The van der Waals surface area contributed by atoms with Crippen LogP contribution in [-0.4, -0.2) is 29.6 Å². The number of halogens is 1. The molecule has 2 amide bonds.